The summed E-state index contributed by atoms with van der Waals surface area (Å²) in [5.41, 5.74) is 5.73. The fraction of sp³-hybridized carbons (Fsp3) is 0.583. The number of amides is 1. The van der Waals surface area contributed by atoms with Gasteiger partial charge in [0.15, 0.2) is 0 Å². The van der Waals surface area contributed by atoms with Crippen LogP contribution in [0.5, 0.6) is 0 Å². The van der Waals surface area contributed by atoms with Crippen molar-refractivity contribution in [3.63, 3.8) is 0 Å². The van der Waals surface area contributed by atoms with Gasteiger partial charge in [0, 0.05) is 22.8 Å². The van der Waals surface area contributed by atoms with E-state index in [9.17, 15) is 4.79 Å². The summed E-state index contributed by atoms with van der Waals surface area (Å²) in [7, 11) is 1.83. The first-order valence-electron chi connectivity index (χ1n) is 5.47. The van der Waals surface area contributed by atoms with Crippen molar-refractivity contribution in [2.45, 2.75) is 33.4 Å². The molecule has 17 heavy (non-hydrogen) atoms. The van der Waals surface area contributed by atoms with Crippen molar-refractivity contribution < 1.29 is 4.79 Å². The monoisotopic (exact) mass is 276 g/mol. The third kappa shape index (κ3) is 4.66. The number of carbonyl (C=O) groups excluding carboxylic acids is 1. The molecule has 1 aromatic rings. The lowest BCUT2D eigenvalue weighted by atomic mass is 10.0. The average molecular weight is 277 g/mol. The molecular weight excluding hydrogens is 256 g/mol. The van der Waals surface area contributed by atoms with Gasteiger partial charge in [-0.15, -0.1) is 23.7 Å². The minimum absolute atomic E-state index is 0. The molecule has 2 N–H and O–H groups in total. The molecule has 0 spiro atoms. The van der Waals surface area contributed by atoms with Crippen molar-refractivity contribution in [1.29, 1.82) is 0 Å². The van der Waals surface area contributed by atoms with Gasteiger partial charge in [-0.3, -0.25) is 4.79 Å². The zero-order valence-electron chi connectivity index (χ0n) is 10.8. The van der Waals surface area contributed by atoms with Crippen LogP contribution in [0.3, 0.4) is 0 Å². The van der Waals surface area contributed by atoms with Gasteiger partial charge in [0.25, 0.3) is 0 Å². The average Bonchev–Trinajstić information content (AvgIpc) is 2.61. The highest BCUT2D eigenvalue weighted by molar-refractivity contribution is 7.11. The molecule has 0 aliphatic rings. The Morgan fingerprint density at radius 1 is 1.47 bits per heavy atom. The van der Waals surface area contributed by atoms with Crippen LogP contribution >= 0.6 is 23.7 Å². The molecular formula is C12H21ClN2OS. The predicted octanol–water partition coefficient (Wildman–Crippen LogP) is 2.42. The Morgan fingerprint density at radius 3 is 2.47 bits per heavy atom. The molecule has 0 saturated heterocycles. The van der Waals surface area contributed by atoms with Crippen LogP contribution in [-0.2, 0) is 11.3 Å². The van der Waals surface area contributed by atoms with E-state index < -0.39 is 0 Å². The van der Waals surface area contributed by atoms with Crippen LogP contribution in [0, 0.1) is 12.8 Å². The Balaban J connectivity index is 0.00000256. The number of rotatable bonds is 4. The van der Waals surface area contributed by atoms with Gasteiger partial charge >= 0.3 is 0 Å². The van der Waals surface area contributed by atoms with Gasteiger partial charge in [-0.25, -0.2) is 0 Å². The summed E-state index contributed by atoms with van der Waals surface area (Å²) in [6.07, 6.45) is 0. The van der Waals surface area contributed by atoms with Gasteiger partial charge in [-0.1, -0.05) is 6.92 Å². The second-order valence-electron chi connectivity index (χ2n) is 4.35. The number of nitrogens with zero attached hydrogens (tertiary/aromatic N) is 1. The fourth-order valence-electron chi connectivity index (χ4n) is 1.45. The summed E-state index contributed by atoms with van der Waals surface area (Å²) in [5.74, 6) is -0.00730. The van der Waals surface area contributed by atoms with Gasteiger partial charge in [0.05, 0.1) is 12.5 Å². The molecule has 3 nitrogen and oxygen atoms in total. The van der Waals surface area contributed by atoms with Crippen molar-refractivity contribution >= 4 is 29.7 Å². The number of nitrogens with two attached hydrogens (primary N) is 1. The van der Waals surface area contributed by atoms with Gasteiger partial charge < -0.3 is 10.6 Å². The van der Waals surface area contributed by atoms with E-state index in [0.29, 0.717) is 6.54 Å². The Kier molecular flexibility index (Phi) is 6.75. The Bertz CT molecular complexity index is 365. The molecule has 0 bridgehead atoms. The standard InChI is InChI=1S/C12H20N2OS.ClH/c1-8-5-6-11(16-8)7-14(4)12(15)9(2)10(3)13;/h5-6,9-10H,7,13H2,1-4H3;1H. The quantitative estimate of drug-likeness (QED) is 0.918. The summed E-state index contributed by atoms with van der Waals surface area (Å²) in [4.78, 5) is 16.2. The van der Waals surface area contributed by atoms with Crippen molar-refractivity contribution in [2.24, 2.45) is 11.7 Å². The third-order valence-corrected chi connectivity index (χ3v) is 3.73. The lowest BCUT2D eigenvalue weighted by molar-refractivity contribution is -0.134. The van der Waals surface area contributed by atoms with Crippen molar-refractivity contribution in [2.75, 3.05) is 7.05 Å². The first-order valence-corrected chi connectivity index (χ1v) is 6.29. The molecule has 98 valence electrons. The predicted molar refractivity (Wildman–Crippen MR) is 75.6 cm³/mol. The second-order valence-corrected chi connectivity index (χ2v) is 5.73. The van der Waals surface area contributed by atoms with Crippen LogP contribution in [0.2, 0.25) is 0 Å². The van der Waals surface area contributed by atoms with E-state index in [1.807, 2.05) is 20.9 Å². The molecule has 0 saturated carbocycles. The minimum atomic E-state index is -0.119. The normalized spacial score (nSPS) is 13.7. The number of hydrogen-bond acceptors (Lipinski definition) is 3. The van der Waals surface area contributed by atoms with Crippen LogP contribution in [0.25, 0.3) is 0 Å². The molecule has 1 heterocycles. The molecule has 1 rings (SSSR count). The second kappa shape index (κ2) is 6.99. The summed E-state index contributed by atoms with van der Waals surface area (Å²) < 4.78 is 0. The van der Waals surface area contributed by atoms with Crippen LogP contribution in [0.4, 0.5) is 0 Å². The molecule has 5 heteroatoms. The van der Waals surface area contributed by atoms with Crippen molar-refractivity contribution in [1.82, 2.24) is 4.90 Å². The first kappa shape index (κ1) is 16.4. The third-order valence-electron chi connectivity index (χ3n) is 2.74. The molecule has 0 radical (unpaired) electrons. The number of halogens is 1. The summed E-state index contributed by atoms with van der Waals surface area (Å²) >= 11 is 1.73. The van der Waals surface area contributed by atoms with E-state index in [2.05, 4.69) is 19.1 Å². The fourth-order valence-corrected chi connectivity index (χ4v) is 2.40. The zero-order chi connectivity index (χ0) is 12.3. The number of carbonyl (C=O) groups is 1. The highest BCUT2D eigenvalue weighted by Gasteiger charge is 2.20. The summed E-state index contributed by atoms with van der Waals surface area (Å²) in [6, 6.07) is 4.05. The highest BCUT2D eigenvalue weighted by atomic mass is 35.5. The maximum absolute atomic E-state index is 11.9. The van der Waals surface area contributed by atoms with Gasteiger partial charge in [0.1, 0.15) is 0 Å². The summed E-state index contributed by atoms with van der Waals surface area (Å²) in [6.45, 7) is 6.49. The van der Waals surface area contributed by atoms with E-state index in [1.165, 1.54) is 9.75 Å². The van der Waals surface area contributed by atoms with E-state index in [4.69, 9.17) is 5.73 Å². The Morgan fingerprint density at radius 2 is 2.06 bits per heavy atom. The summed E-state index contributed by atoms with van der Waals surface area (Å²) in [5, 5.41) is 0. The Labute approximate surface area is 113 Å². The maximum Gasteiger partial charge on any atom is 0.227 e. The number of aryl methyl sites for hydroxylation is 1. The van der Waals surface area contributed by atoms with E-state index in [1.54, 1.807) is 16.2 Å². The van der Waals surface area contributed by atoms with Crippen LogP contribution in [0.15, 0.2) is 12.1 Å². The minimum Gasteiger partial charge on any atom is -0.340 e. The van der Waals surface area contributed by atoms with Gasteiger partial charge in [0.2, 0.25) is 5.91 Å². The molecule has 2 atom stereocenters. The maximum atomic E-state index is 11.9. The number of thiophene rings is 1. The topological polar surface area (TPSA) is 46.3 Å². The molecule has 0 aliphatic heterocycles. The van der Waals surface area contributed by atoms with Crippen LogP contribution < -0.4 is 5.73 Å². The highest BCUT2D eigenvalue weighted by Crippen LogP contribution is 2.17. The molecule has 0 fully saturated rings. The van der Waals surface area contributed by atoms with Crippen molar-refractivity contribution in [3.8, 4) is 0 Å². The van der Waals surface area contributed by atoms with E-state index in [0.717, 1.165) is 0 Å². The molecule has 2 unspecified atom stereocenters. The lowest BCUT2D eigenvalue weighted by Gasteiger charge is -2.22. The molecule has 1 amide bonds. The SMILES string of the molecule is Cc1ccc(CN(C)C(=O)C(C)C(C)N)s1.Cl. The van der Waals surface area contributed by atoms with E-state index in [-0.39, 0.29) is 30.3 Å². The van der Waals surface area contributed by atoms with Gasteiger partial charge in [-0.05, 0) is 26.0 Å². The molecule has 0 aliphatic carbocycles. The van der Waals surface area contributed by atoms with Crippen LogP contribution in [0.1, 0.15) is 23.6 Å². The molecule has 0 aromatic carbocycles. The van der Waals surface area contributed by atoms with Crippen LogP contribution in [-0.4, -0.2) is 23.9 Å². The zero-order valence-corrected chi connectivity index (χ0v) is 12.4. The smallest absolute Gasteiger partial charge is 0.227 e. The first-order chi connectivity index (χ1) is 7.41. The van der Waals surface area contributed by atoms with E-state index >= 15 is 0 Å². The molecule has 1 aromatic heterocycles. The van der Waals surface area contributed by atoms with Gasteiger partial charge in [-0.2, -0.15) is 0 Å². The largest absolute Gasteiger partial charge is 0.340 e. The number of hydrogen-bond donors (Lipinski definition) is 1. The lowest BCUT2D eigenvalue weighted by Crippen LogP contribution is -2.39. The van der Waals surface area contributed by atoms with Crippen molar-refractivity contribution in [3.05, 3.63) is 21.9 Å². The Hall–Kier alpha value is -0.580.